The van der Waals surface area contributed by atoms with Crippen LogP contribution in [0.2, 0.25) is 5.02 Å². The zero-order chi connectivity index (χ0) is 18.0. The van der Waals surface area contributed by atoms with E-state index >= 15 is 0 Å². The van der Waals surface area contributed by atoms with Crippen LogP contribution in [0.4, 0.5) is 0 Å². The second-order valence-corrected chi connectivity index (χ2v) is 6.97. The van der Waals surface area contributed by atoms with Crippen LogP contribution < -0.4 is 9.47 Å². The number of ether oxygens (including phenoxy) is 2. The van der Waals surface area contributed by atoms with E-state index in [1.807, 2.05) is 18.3 Å². The molecule has 0 saturated carbocycles. The lowest BCUT2D eigenvalue weighted by atomic mass is 10.1. The van der Waals surface area contributed by atoms with Crippen molar-refractivity contribution in [3.63, 3.8) is 0 Å². The summed E-state index contributed by atoms with van der Waals surface area (Å²) in [5.74, 6) is 2.52. The minimum absolute atomic E-state index is 0.355. The third-order valence-electron chi connectivity index (χ3n) is 4.51. The van der Waals surface area contributed by atoms with Crippen LogP contribution >= 0.6 is 11.6 Å². The van der Waals surface area contributed by atoms with Gasteiger partial charge in [-0.15, -0.1) is 0 Å². The predicted molar refractivity (Wildman–Crippen MR) is 98.5 cm³/mol. The van der Waals surface area contributed by atoms with Crippen LogP contribution in [0.3, 0.4) is 0 Å². The van der Waals surface area contributed by atoms with Gasteiger partial charge in [0.25, 0.3) is 0 Å². The molecule has 0 aliphatic carbocycles. The Morgan fingerprint density at radius 2 is 2.04 bits per heavy atom. The summed E-state index contributed by atoms with van der Waals surface area (Å²) in [4.78, 5) is 11.6. The molecule has 6 heteroatoms. The molecular formula is C19H24ClN3O2. The zero-order valence-electron chi connectivity index (χ0n) is 15.2. The van der Waals surface area contributed by atoms with E-state index in [4.69, 9.17) is 26.1 Å². The Kier molecular flexibility index (Phi) is 5.45. The maximum absolute atomic E-state index is 6.51. The lowest BCUT2D eigenvalue weighted by molar-refractivity contribution is 0.242. The van der Waals surface area contributed by atoms with Crippen molar-refractivity contribution in [3.8, 4) is 11.5 Å². The van der Waals surface area contributed by atoms with Gasteiger partial charge in [-0.05, 0) is 11.6 Å². The molecule has 25 heavy (non-hydrogen) atoms. The number of fused-ring (bicyclic) bond motifs is 1. The van der Waals surface area contributed by atoms with Gasteiger partial charge in [-0.25, -0.2) is 9.97 Å². The molecule has 1 aliphatic rings. The highest BCUT2D eigenvalue weighted by molar-refractivity contribution is 6.33. The molecule has 1 aliphatic heterocycles. The number of hydrogen-bond acceptors (Lipinski definition) is 5. The number of benzene rings is 1. The summed E-state index contributed by atoms with van der Waals surface area (Å²) in [7, 11) is 3.22. The highest BCUT2D eigenvalue weighted by Crippen LogP contribution is 2.38. The number of hydrogen-bond donors (Lipinski definition) is 0. The van der Waals surface area contributed by atoms with Gasteiger partial charge in [-0.1, -0.05) is 31.5 Å². The Bertz CT molecular complexity index is 765. The van der Waals surface area contributed by atoms with E-state index in [0.29, 0.717) is 22.4 Å². The maximum atomic E-state index is 6.51. The minimum Gasteiger partial charge on any atom is -0.493 e. The van der Waals surface area contributed by atoms with E-state index in [-0.39, 0.29) is 0 Å². The Morgan fingerprint density at radius 1 is 1.24 bits per heavy atom. The van der Waals surface area contributed by atoms with E-state index in [0.717, 1.165) is 37.4 Å². The average Bonchev–Trinajstić information content (AvgIpc) is 2.62. The standard InChI is InChI=1S/C19H24ClN3O2/c1-12(2)19-21-9-14-11-23(8-7-15(14)22-19)10-13-5-6-16(24-3)18(25-4)17(13)20/h5-6,9,12H,7-8,10-11H2,1-4H3. The van der Waals surface area contributed by atoms with Gasteiger partial charge < -0.3 is 9.47 Å². The molecule has 0 amide bonds. The van der Waals surface area contributed by atoms with E-state index in [1.165, 1.54) is 11.3 Å². The topological polar surface area (TPSA) is 47.5 Å². The third-order valence-corrected chi connectivity index (χ3v) is 4.92. The summed E-state index contributed by atoms with van der Waals surface area (Å²) in [6.07, 6.45) is 2.91. The van der Waals surface area contributed by atoms with Crippen molar-refractivity contribution in [3.05, 3.63) is 46.0 Å². The Morgan fingerprint density at radius 3 is 2.72 bits per heavy atom. The van der Waals surface area contributed by atoms with Crippen molar-refractivity contribution >= 4 is 11.6 Å². The molecule has 1 aromatic carbocycles. The van der Waals surface area contributed by atoms with Crippen LogP contribution in [-0.2, 0) is 19.5 Å². The molecule has 2 heterocycles. The first kappa shape index (κ1) is 18.0. The summed E-state index contributed by atoms with van der Waals surface area (Å²) in [6.45, 7) is 6.78. The van der Waals surface area contributed by atoms with Crippen molar-refractivity contribution in [2.45, 2.75) is 39.3 Å². The Hall–Kier alpha value is -1.85. The first-order valence-electron chi connectivity index (χ1n) is 8.49. The van der Waals surface area contributed by atoms with Gasteiger partial charge >= 0.3 is 0 Å². The van der Waals surface area contributed by atoms with Gasteiger partial charge in [0, 0.05) is 49.4 Å². The first-order valence-corrected chi connectivity index (χ1v) is 8.87. The average molecular weight is 362 g/mol. The molecule has 0 fully saturated rings. The molecule has 0 bridgehead atoms. The van der Waals surface area contributed by atoms with Crippen molar-refractivity contribution in [1.29, 1.82) is 0 Å². The van der Waals surface area contributed by atoms with Crippen LogP contribution in [0, 0.1) is 0 Å². The fraction of sp³-hybridized carbons (Fsp3) is 0.474. The summed E-state index contributed by atoms with van der Waals surface area (Å²) in [5.41, 5.74) is 3.41. The second-order valence-electron chi connectivity index (χ2n) is 6.59. The minimum atomic E-state index is 0.355. The van der Waals surface area contributed by atoms with Crippen LogP contribution in [0.15, 0.2) is 18.3 Å². The molecular weight excluding hydrogens is 338 g/mol. The molecule has 5 nitrogen and oxygen atoms in total. The normalized spacial score (nSPS) is 14.5. The SMILES string of the molecule is COc1ccc(CN2CCc3nc(C(C)C)ncc3C2)c(Cl)c1OC. The smallest absolute Gasteiger partial charge is 0.179 e. The van der Waals surface area contributed by atoms with Gasteiger partial charge in [0.2, 0.25) is 0 Å². The predicted octanol–water partition coefficient (Wildman–Crippen LogP) is 3.83. The van der Waals surface area contributed by atoms with Crippen LogP contribution in [0.1, 0.15) is 42.4 Å². The second kappa shape index (κ2) is 7.58. The highest BCUT2D eigenvalue weighted by atomic mass is 35.5. The lowest BCUT2D eigenvalue weighted by Crippen LogP contribution is -2.31. The summed E-state index contributed by atoms with van der Waals surface area (Å²) >= 11 is 6.51. The van der Waals surface area contributed by atoms with E-state index < -0.39 is 0 Å². The van der Waals surface area contributed by atoms with Gasteiger partial charge in [0.15, 0.2) is 11.5 Å². The van der Waals surface area contributed by atoms with E-state index in [2.05, 4.69) is 23.7 Å². The largest absolute Gasteiger partial charge is 0.493 e. The lowest BCUT2D eigenvalue weighted by Gasteiger charge is -2.28. The monoisotopic (exact) mass is 361 g/mol. The summed E-state index contributed by atoms with van der Waals surface area (Å²) < 4.78 is 10.7. The zero-order valence-corrected chi connectivity index (χ0v) is 15.9. The summed E-state index contributed by atoms with van der Waals surface area (Å²) in [6, 6.07) is 3.90. The van der Waals surface area contributed by atoms with Crippen LogP contribution in [0.5, 0.6) is 11.5 Å². The van der Waals surface area contributed by atoms with E-state index in [1.54, 1.807) is 14.2 Å². The van der Waals surface area contributed by atoms with Crippen molar-refractivity contribution < 1.29 is 9.47 Å². The van der Waals surface area contributed by atoms with Crippen molar-refractivity contribution in [1.82, 2.24) is 14.9 Å². The molecule has 0 unspecified atom stereocenters. The third kappa shape index (κ3) is 3.72. The van der Waals surface area contributed by atoms with Crippen molar-refractivity contribution in [2.24, 2.45) is 0 Å². The molecule has 0 radical (unpaired) electrons. The number of aromatic nitrogens is 2. The quantitative estimate of drug-likeness (QED) is 0.810. The number of rotatable bonds is 5. The first-order chi connectivity index (χ1) is 12.0. The number of halogens is 1. The van der Waals surface area contributed by atoms with Gasteiger partial charge in [0.05, 0.1) is 19.2 Å². The maximum Gasteiger partial charge on any atom is 0.179 e. The molecule has 1 aromatic heterocycles. The fourth-order valence-electron chi connectivity index (χ4n) is 3.10. The van der Waals surface area contributed by atoms with Crippen LogP contribution in [0.25, 0.3) is 0 Å². The Balaban J connectivity index is 1.77. The molecule has 0 atom stereocenters. The fourth-order valence-corrected chi connectivity index (χ4v) is 3.39. The number of methoxy groups -OCH3 is 2. The Labute approximate surface area is 153 Å². The molecule has 134 valence electrons. The van der Waals surface area contributed by atoms with Gasteiger partial charge in [-0.3, -0.25) is 4.90 Å². The number of nitrogens with zero attached hydrogens (tertiary/aromatic N) is 3. The van der Waals surface area contributed by atoms with Gasteiger partial charge in [0.1, 0.15) is 5.82 Å². The molecule has 0 saturated heterocycles. The van der Waals surface area contributed by atoms with Crippen LogP contribution in [-0.4, -0.2) is 35.6 Å². The highest BCUT2D eigenvalue weighted by Gasteiger charge is 2.21. The van der Waals surface area contributed by atoms with Gasteiger partial charge in [-0.2, -0.15) is 0 Å². The molecule has 0 N–H and O–H groups in total. The van der Waals surface area contributed by atoms with Crippen molar-refractivity contribution in [2.75, 3.05) is 20.8 Å². The molecule has 3 rings (SSSR count). The molecule has 0 spiro atoms. The van der Waals surface area contributed by atoms with E-state index in [9.17, 15) is 0 Å². The summed E-state index contributed by atoms with van der Waals surface area (Å²) in [5, 5.41) is 0.610. The molecule has 2 aromatic rings.